The van der Waals surface area contributed by atoms with E-state index in [9.17, 15) is 4.79 Å². The molecule has 0 unspecified atom stereocenters. The molecule has 0 aliphatic heterocycles. The highest BCUT2D eigenvalue weighted by molar-refractivity contribution is 7.80. The number of ether oxygens (including phenoxy) is 1. The molecule has 152 valence electrons. The summed E-state index contributed by atoms with van der Waals surface area (Å²) in [5.74, 6) is 0.277. The maximum absolute atomic E-state index is 12.2. The van der Waals surface area contributed by atoms with E-state index in [1.165, 1.54) is 29.6 Å². The number of esters is 1. The van der Waals surface area contributed by atoms with Gasteiger partial charge in [0, 0.05) is 17.1 Å². The largest absolute Gasteiger partial charge is 0.465 e. The summed E-state index contributed by atoms with van der Waals surface area (Å²) < 4.78 is 6.81. The van der Waals surface area contributed by atoms with Crippen LogP contribution in [0, 0.1) is 13.8 Å². The molecule has 2 heterocycles. The fourth-order valence-corrected chi connectivity index (χ4v) is 4.55. The summed E-state index contributed by atoms with van der Waals surface area (Å²) in [6.07, 6.45) is 2.65. The topological polar surface area (TPSA) is 68.2 Å². The molecule has 0 aliphatic carbocycles. The number of carbonyl (C=O) groups is 1. The van der Waals surface area contributed by atoms with Crippen LogP contribution in [0.3, 0.4) is 0 Å². The van der Waals surface area contributed by atoms with Gasteiger partial charge in [0.05, 0.1) is 19.2 Å². The summed E-state index contributed by atoms with van der Waals surface area (Å²) in [7, 11) is 1.39. The maximum Gasteiger partial charge on any atom is 0.341 e. The van der Waals surface area contributed by atoms with Gasteiger partial charge in [0.15, 0.2) is 10.9 Å². The van der Waals surface area contributed by atoms with Crippen molar-refractivity contribution in [1.82, 2.24) is 9.78 Å². The SMILES string of the molecule is CCc1c(C)sc(NC(=S)Nc2ccn(Cc3ccccc3C)n2)c1C(=O)OC. The van der Waals surface area contributed by atoms with Crippen LogP contribution in [0.1, 0.15) is 38.8 Å². The lowest BCUT2D eigenvalue weighted by Gasteiger charge is -2.09. The van der Waals surface area contributed by atoms with Crippen LogP contribution in [-0.2, 0) is 17.7 Å². The summed E-state index contributed by atoms with van der Waals surface area (Å²) in [4.78, 5) is 13.3. The van der Waals surface area contributed by atoms with E-state index in [1.54, 1.807) is 0 Å². The number of thiophene rings is 1. The molecule has 3 aromatic rings. The maximum atomic E-state index is 12.2. The lowest BCUT2D eigenvalue weighted by Crippen LogP contribution is -2.20. The molecular weight excluding hydrogens is 404 g/mol. The van der Waals surface area contributed by atoms with Crippen LogP contribution < -0.4 is 10.6 Å². The Morgan fingerprint density at radius 1 is 1.24 bits per heavy atom. The first kappa shape index (κ1) is 21.0. The van der Waals surface area contributed by atoms with Gasteiger partial charge in [-0.05, 0) is 49.2 Å². The van der Waals surface area contributed by atoms with E-state index in [1.807, 2.05) is 42.9 Å². The fraction of sp³-hybridized carbons (Fsp3) is 0.286. The van der Waals surface area contributed by atoms with Crippen LogP contribution in [-0.4, -0.2) is 28.0 Å². The predicted octanol–water partition coefficient (Wildman–Crippen LogP) is 4.77. The zero-order chi connectivity index (χ0) is 21.0. The minimum atomic E-state index is -0.362. The molecule has 0 saturated carbocycles. The number of carbonyl (C=O) groups excluding carboxylic acids is 1. The van der Waals surface area contributed by atoms with E-state index in [4.69, 9.17) is 17.0 Å². The van der Waals surface area contributed by atoms with E-state index in [2.05, 4.69) is 34.8 Å². The number of hydrogen-bond donors (Lipinski definition) is 2. The van der Waals surface area contributed by atoms with Gasteiger partial charge in [-0.25, -0.2) is 4.79 Å². The Morgan fingerprint density at radius 3 is 2.69 bits per heavy atom. The van der Waals surface area contributed by atoms with Gasteiger partial charge in [-0.3, -0.25) is 4.68 Å². The van der Waals surface area contributed by atoms with Gasteiger partial charge in [0.2, 0.25) is 0 Å². The summed E-state index contributed by atoms with van der Waals surface area (Å²) >= 11 is 6.92. The van der Waals surface area contributed by atoms with Gasteiger partial charge in [-0.15, -0.1) is 11.3 Å². The van der Waals surface area contributed by atoms with Crippen LogP contribution in [0.15, 0.2) is 36.5 Å². The Bertz CT molecular complexity index is 1040. The van der Waals surface area contributed by atoms with Crippen molar-refractivity contribution in [3.8, 4) is 0 Å². The molecule has 3 rings (SSSR count). The third-order valence-corrected chi connectivity index (χ3v) is 5.92. The second-order valence-electron chi connectivity index (χ2n) is 6.59. The second-order valence-corrected chi connectivity index (χ2v) is 8.22. The fourth-order valence-electron chi connectivity index (χ4n) is 3.14. The predicted molar refractivity (Wildman–Crippen MR) is 122 cm³/mol. The first-order valence-corrected chi connectivity index (χ1v) is 10.5. The van der Waals surface area contributed by atoms with Crippen LogP contribution in [0.5, 0.6) is 0 Å². The molecule has 0 radical (unpaired) electrons. The number of rotatable bonds is 6. The Kier molecular flexibility index (Phi) is 6.66. The van der Waals surface area contributed by atoms with Crippen molar-refractivity contribution in [3.63, 3.8) is 0 Å². The summed E-state index contributed by atoms with van der Waals surface area (Å²) in [6, 6.07) is 10.1. The van der Waals surface area contributed by atoms with E-state index in [0.717, 1.165) is 16.9 Å². The minimum absolute atomic E-state index is 0.362. The number of aromatic nitrogens is 2. The average Bonchev–Trinajstić information content (AvgIpc) is 3.26. The molecule has 0 spiro atoms. The molecule has 0 aliphatic rings. The van der Waals surface area contributed by atoms with E-state index < -0.39 is 0 Å². The van der Waals surface area contributed by atoms with Crippen LogP contribution in [0.2, 0.25) is 0 Å². The number of hydrogen-bond acceptors (Lipinski definition) is 5. The van der Waals surface area contributed by atoms with Crippen molar-refractivity contribution in [3.05, 3.63) is 63.7 Å². The van der Waals surface area contributed by atoms with Crippen LogP contribution >= 0.6 is 23.6 Å². The highest BCUT2D eigenvalue weighted by Gasteiger charge is 2.22. The number of anilines is 2. The van der Waals surface area contributed by atoms with Gasteiger partial charge in [0.25, 0.3) is 0 Å². The molecule has 0 saturated heterocycles. The summed E-state index contributed by atoms with van der Waals surface area (Å²) in [5, 5.41) is 11.8. The van der Waals surface area contributed by atoms with Crippen molar-refractivity contribution < 1.29 is 9.53 Å². The average molecular weight is 429 g/mol. The monoisotopic (exact) mass is 428 g/mol. The quantitative estimate of drug-likeness (QED) is 0.436. The third-order valence-electron chi connectivity index (χ3n) is 4.65. The van der Waals surface area contributed by atoms with Crippen molar-refractivity contribution in [2.24, 2.45) is 0 Å². The molecular formula is C21H24N4O2S2. The van der Waals surface area contributed by atoms with Crippen LogP contribution in [0.25, 0.3) is 0 Å². The zero-order valence-corrected chi connectivity index (χ0v) is 18.5. The molecule has 0 amide bonds. The first-order chi connectivity index (χ1) is 13.9. The van der Waals surface area contributed by atoms with E-state index in [0.29, 0.717) is 28.0 Å². The highest BCUT2D eigenvalue weighted by Crippen LogP contribution is 2.34. The molecule has 0 atom stereocenters. The number of thiocarbonyl (C=S) groups is 1. The second kappa shape index (κ2) is 9.19. The highest BCUT2D eigenvalue weighted by atomic mass is 32.1. The Labute approximate surface area is 179 Å². The minimum Gasteiger partial charge on any atom is -0.465 e. The number of nitrogens with zero attached hydrogens (tertiary/aromatic N) is 2. The smallest absolute Gasteiger partial charge is 0.341 e. The van der Waals surface area contributed by atoms with Gasteiger partial charge >= 0.3 is 5.97 Å². The standard InChI is InChI=1S/C21H24N4O2S2/c1-5-16-14(3)29-19(18(16)20(26)27-4)23-21(28)22-17-10-11-25(24-17)12-15-9-7-6-8-13(15)2/h6-11H,5,12H2,1-4H3,(H2,22,23,24,28). The lowest BCUT2D eigenvalue weighted by atomic mass is 10.1. The summed E-state index contributed by atoms with van der Waals surface area (Å²) in [5.41, 5.74) is 3.97. The first-order valence-electron chi connectivity index (χ1n) is 9.29. The number of benzene rings is 1. The normalized spacial score (nSPS) is 10.6. The Hall–Kier alpha value is -2.71. The van der Waals surface area contributed by atoms with Gasteiger partial charge in [-0.1, -0.05) is 31.2 Å². The number of nitrogens with one attached hydrogen (secondary N) is 2. The number of methoxy groups -OCH3 is 1. The molecule has 8 heteroatoms. The molecule has 0 bridgehead atoms. The molecule has 6 nitrogen and oxygen atoms in total. The van der Waals surface area contributed by atoms with Gasteiger partial charge in [-0.2, -0.15) is 5.10 Å². The number of aryl methyl sites for hydroxylation is 2. The molecule has 2 N–H and O–H groups in total. The Balaban J connectivity index is 1.70. The third kappa shape index (κ3) is 4.83. The van der Waals surface area contributed by atoms with Crippen LogP contribution in [0.4, 0.5) is 10.8 Å². The van der Waals surface area contributed by atoms with E-state index in [-0.39, 0.29) is 5.97 Å². The van der Waals surface area contributed by atoms with Gasteiger partial charge in [0.1, 0.15) is 5.00 Å². The molecule has 0 fully saturated rings. The van der Waals surface area contributed by atoms with Crippen molar-refractivity contribution in [1.29, 1.82) is 0 Å². The van der Waals surface area contributed by atoms with Crippen molar-refractivity contribution >= 4 is 45.5 Å². The van der Waals surface area contributed by atoms with Gasteiger partial charge < -0.3 is 15.4 Å². The van der Waals surface area contributed by atoms with Crippen molar-refractivity contribution in [2.75, 3.05) is 17.7 Å². The molecule has 1 aromatic carbocycles. The lowest BCUT2D eigenvalue weighted by molar-refractivity contribution is 0.0601. The Morgan fingerprint density at radius 2 is 2.00 bits per heavy atom. The molecule has 29 heavy (non-hydrogen) atoms. The van der Waals surface area contributed by atoms with Crippen molar-refractivity contribution in [2.45, 2.75) is 33.7 Å². The van der Waals surface area contributed by atoms with E-state index >= 15 is 0 Å². The molecule has 2 aromatic heterocycles. The zero-order valence-electron chi connectivity index (χ0n) is 16.9. The summed E-state index contributed by atoms with van der Waals surface area (Å²) in [6.45, 7) is 6.78.